The van der Waals surface area contributed by atoms with Gasteiger partial charge in [0.2, 0.25) is 5.89 Å². The van der Waals surface area contributed by atoms with Crippen LogP contribution in [0.2, 0.25) is 0 Å². The standard InChI is InChI=1S/C20H14F3N3O/c21-20(22,23)15-8-12(11-24)7-14(9-15)13-4-5-18-17(10-13)26-19(27-18)16-3-1-2-6-25-16/h1-3,6-9,13H,4-5,10H2. The second kappa shape index (κ2) is 6.54. The predicted octanol–water partition coefficient (Wildman–Crippen LogP) is 4.90. The zero-order valence-electron chi connectivity index (χ0n) is 14.1. The maximum atomic E-state index is 13.1. The molecule has 7 heteroatoms. The highest BCUT2D eigenvalue weighted by Gasteiger charge is 2.33. The van der Waals surface area contributed by atoms with E-state index in [1.807, 2.05) is 12.1 Å². The van der Waals surface area contributed by atoms with Crippen LogP contribution in [0.4, 0.5) is 13.2 Å². The third kappa shape index (κ3) is 3.43. The van der Waals surface area contributed by atoms with E-state index >= 15 is 0 Å². The van der Waals surface area contributed by atoms with E-state index in [0.717, 1.165) is 23.6 Å². The van der Waals surface area contributed by atoms with Gasteiger partial charge in [-0.05, 0) is 48.2 Å². The molecule has 1 aromatic carbocycles. The number of hydrogen-bond donors (Lipinski definition) is 0. The zero-order valence-corrected chi connectivity index (χ0v) is 14.1. The third-order valence-electron chi connectivity index (χ3n) is 4.71. The van der Waals surface area contributed by atoms with Gasteiger partial charge in [0.15, 0.2) is 0 Å². The Balaban J connectivity index is 1.65. The molecular weight excluding hydrogens is 355 g/mol. The second-order valence-corrected chi connectivity index (χ2v) is 6.50. The van der Waals surface area contributed by atoms with Crippen molar-refractivity contribution in [1.82, 2.24) is 9.97 Å². The van der Waals surface area contributed by atoms with Gasteiger partial charge in [-0.3, -0.25) is 4.98 Å². The summed E-state index contributed by atoms with van der Waals surface area (Å²) in [4.78, 5) is 8.71. The number of nitrogens with zero attached hydrogens (tertiary/aromatic N) is 3. The summed E-state index contributed by atoms with van der Waals surface area (Å²) >= 11 is 0. The summed E-state index contributed by atoms with van der Waals surface area (Å²) in [5.41, 5.74) is 1.09. The van der Waals surface area contributed by atoms with Crippen molar-refractivity contribution >= 4 is 0 Å². The van der Waals surface area contributed by atoms with Gasteiger partial charge in [0, 0.05) is 19.0 Å². The molecule has 0 radical (unpaired) electrons. The van der Waals surface area contributed by atoms with Crippen LogP contribution in [0.5, 0.6) is 0 Å². The molecule has 3 aromatic rings. The Labute approximate surface area is 153 Å². The number of oxazole rings is 1. The quantitative estimate of drug-likeness (QED) is 0.645. The van der Waals surface area contributed by atoms with Gasteiger partial charge in [-0.2, -0.15) is 18.4 Å². The van der Waals surface area contributed by atoms with E-state index in [-0.39, 0.29) is 11.5 Å². The van der Waals surface area contributed by atoms with Crippen LogP contribution < -0.4 is 0 Å². The number of aryl methyl sites for hydroxylation is 1. The molecule has 0 amide bonds. The minimum atomic E-state index is -4.48. The molecule has 0 N–H and O–H groups in total. The van der Waals surface area contributed by atoms with E-state index in [2.05, 4.69) is 9.97 Å². The summed E-state index contributed by atoms with van der Waals surface area (Å²) in [5, 5.41) is 9.09. The van der Waals surface area contributed by atoms with Crippen LogP contribution in [0.3, 0.4) is 0 Å². The molecule has 1 aliphatic rings. The number of hydrogen-bond acceptors (Lipinski definition) is 4. The molecule has 1 unspecified atom stereocenters. The van der Waals surface area contributed by atoms with E-state index in [1.54, 1.807) is 18.3 Å². The third-order valence-corrected chi connectivity index (χ3v) is 4.71. The molecule has 0 saturated carbocycles. The summed E-state index contributed by atoms with van der Waals surface area (Å²) < 4.78 is 45.2. The highest BCUT2D eigenvalue weighted by molar-refractivity contribution is 5.48. The zero-order chi connectivity index (χ0) is 19.0. The monoisotopic (exact) mass is 369 g/mol. The molecular formula is C20H14F3N3O. The van der Waals surface area contributed by atoms with Gasteiger partial charge in [0.25, 0.3) is 0 Å². The van der Waals surface area contributed by atoms with Gasteiger partial charge < -0.3 is 4.42 Å². The van der Waals surface area contributed by atoms with Crippen LogP contribution in [0, 0.1) is 11.3 Å². The van der Waals surface area contributed by atoms with Crippen LogP contribution in [-0.4, -0.2) is 9.97 Å². The molecule has 136 valence electrons. The Kier molecular flexibility index (Phi) is 4.19. The molecule has 2 heterocycles. The molecule has 4 rings (SSSR count). The number of rotatable bonds is 2. The van der Waals surface area contributed by atoms with Crippen LogP contribution in [0.15, 0.2) is 47.0 Å². The molecule has 27 heavy (non-hydrogen) atoms. The Morgan fingerprint density at radius 2 is 2.04 bits per heavy atom. The van der Waals surface area contributed by atoms with Crippen molar-refractivity contribution in [3.63, 3.8) is 0 Å². The van der Waals surface area contributed by atoms with Crippen LogP contribution >= 0.6 is 0 Å². The fourth-order valence-electron chi connectivity index (χ4n) is 3.38. The predicted molar refractivity (Wildman–Crippen MR) is 90.7 cm³/mol. The van der Waals surface area contributed by atoms with E-state index in [0.29, 0.717) is 36.4 Å². The molecule has 0 saturated heterocycles. The van der Waals surface area contributed by atoms with Crippen LogP contribution in [-0.2, 0) is 19.0 Å². The maximum Gasteiger partial charge on any atom is 0.416 e. The summed E-state index contributed by atoms with van der Waals surface area (Å²) in [7, 11) is 0. The lowest BCUT2D eigenvalue weighted by Crippen LogP contribution is -2.14. The Morgan fingerprint density at radius 1 is 1.19 bits per heavy atom. The van der Waals surface area contributed by atoms with Crippen molar-refractivity contribution < 1.29 is 17.6 Å². The molecule has 1 aliphatic carbocycles. The number of benzene rings is 1. The summed E-state index contributed by atoms with van der Waals surface area (Å²) in [6, 6.07) is 10.8. The van der Waals surface area contributed by atoms with Crippen LogP contribution in [0.25, 0.3) is 11.6 Å². The minimum Gasteiger partial charge on any atom is -0.440 e. The smallest absolute Gasteiger partial charge is 0.416 e. The number of pyridine rings is 1. The lowest BCUT2D eigenvalue weighted by Gasteiger charge is -2.22. The number of fused-ring (bicyclic) bond motifs is 1. The fourth-order valence-corrected chi connectivity index (χ4v) is 3.38. The molecule has 1 atom stereocenters. The molecule has 0 spiro atoms. The average molecular weight is 369 g/mol. The lowest BCUT2D eigenvalue weighted by molar-refractivity contribution is -0.137. The maximum absolute atomic E-state index is 13.1. The molecule has 0 aliphatic heterocycles. The summed E-state index contributed by atoms with van der Waals surface area (Å²) in [5.74, 6) is 1.02. The highest BCUT2D eigenvalue weighted by atomic mass is 19.4. The molecule has 0 bridgehead atoms. The first-order valence-corrected chi connectivity index (χ1v) is 8.46. The van der Waals surface area contributed by atoms with Crippen molar-refractivity contribution in [2.24, 2.45) is 0 Å². The lowest BCUT2D eigenvalue weighted by atomic mass is 9.83. The minimum absolute atomic E-state index is 0.0138. The Hall–Kier alpha value is -3.14. The highest BCUT2D eigenvalue weighted by Crippen LogP contribution is 2.37. The van der Waals surface area contributed by atoms with Crippen molar-refractivity contribution in [2.75, 3.05) is 0 Å². The van der Waals surface area contributed by atoms with Gasteiger partial charge in [-0.25, -0.2) is 4.98 Å². The van der Waals surface area contributed by atoms with Crippen molar-refractivity contribution in [2.45, 2.75) is 31.4 Å². The Morgan fingerprint density at radius 3 is 2.74 bits per heavy atom. The van der Waals surface area contributed by atoms with Gasteiger partial charge in [0.05, 0.1) is 22.9 Å². The van der Waals surface area contributed by atoms with E-state index < -0.39 is 11.7 Å². The van der Waals surface area contributed by atoms with Gasteiger partial charge in [-0.1, -0.05) is 6.07 Å². The number of aromatic nitrogens is 2. The Bertz CT molecular complexity index is 1020. The van der Waals surface area contributed by atoms with E-state index in [1.165, 1.54) is 6.07 Å². The largest absolute Gasteiger partial charge is 0.440 e. The normalized spacial score (nSPS) is 16.6. The van der Waals surface area contributed by atoms with Crippen LogP contribution in [0.1, 0.15) is 40.5 Å². The SMILES string of the molecule is N#Cc1cc(C2CCc3oc(-c4ccccn4)nc3C2)cc(C(F)(F)F)c1. The van der Waals surface area contributed by atoms with Gasteiger partial charge >= 0.3 is 6.18 Å². The molecule has 4 nitrogen and oxygen atoms in total. The first kappa shape index (κ1) is 17.3. The summed E-state index contributed by atoms with van der Waals surface area (Å²) in [6.07, 6.45) is -1.15. The topological polar surface area (TPSA) is 62.7 Å². The first-order valence-electron chi connectivity index (χ1n) is 8.46. The molecule has 0 fully saturated rings. The molecule has 2 aromatic heterocycles. The van der Waals surface area contributed by atoms with E-state index in [9.17, 15) is 13.2 Å². The van der Waals surface area contributed by atoms with Crippen molar-refractivity contribution in [1.29, 1.82) is 5.26 Å². The fraction of sp³-hybridized carbons (Fsp3) is 0.250. The van der Waals surface area contributed by atoms with E-state index in [4.69, 9.17) is 9.68 Å². The summed E-state index contributed by atoms with van der Waals surface area (Å²) in [6.45, 7) is 0. The number of nitriles is 1. The van der Waals surface area contributed by atoms with Gasteiger partial charge in [-0.15, -0.1) is 0 Å². The van der Waals surface area contributed by atoms with Crippen molar-refractivity contribution in [3.05, 3.63) is 70.7 Å². The number of halogens is 3. The second-order valence-electron chi connectivity index (χ2n) is 6.50. The van der Waals surface area contributed by atoms with Gasteiger partial charge in [0.1, 0.15) is 11.5 Å². The first-order chi connectivity index (χ1) is 12.9. The van der Waals surface area contributed by atoms with Crippen molar-refractivity contribution in [3.8, 4) is 17.7 Å². The number of alkyl halides is 3. The average Bonchev–Trinajstić information content (AvgIpc) is 3.11.